The summed E-state index contributed by atoms with van der Waals surface area (Å²) in [5.41, 5.74) is 0. The number of piperidine rings is 1. The minimum Gasteiger partial charge on any atom is -0.340 e. The minimum absolute atomic E-state index is 0.0119. The third-order valence-corrected chi connectivity index (χ3v) is 1.81. The minimum atomic E-state index is -0.247. The maximum absolute atomic E-state index is 10.9. The normalized spacial score (nSPS) is 32.6. The van der Waals surface area contributed by atoms with E-state index < -0.39 is 0 Å². The molecule has 1 N–H and O–H groups in total. The Hall–Kier alpha value is -1.04. The summed E-state index contributed by atoms with van der Waals surface area (Å²) in [6.07, 6.45) is 1.63. The molecule has 1 aliphatic heterocycles. The molecule has 54 valence electrons. The first kappa shape index (κ1) is 7.07. The van der Waals surface area contributed by atoms with Gasteiger partial charge in [0.2, 0.25) is 5.91 Å². The highest BCUT2D eigenvalue weighted by Gasteiger charge is 2.23. The SMILES string of the molecule is C[C@@H]1CC[C@H](C#N)NC1=O. The standard InChI is InChI=1S/C7H10N2O/c1-5-2-3-6(4-8)9-7(5)10/h5-6H,2-3H2,1H3,(H,9,10)/t5-,6-/m1/s1. The average Bonchev–Trinajstić information content (AvgIpc) is 1.95. The summed E-state index contributed by atoms with van der Waals surface area (Å²) in [5.74, 6) is 0.0994. The van der Waals surface area contributed by atoms with E-state index in [1.807, 2.05) is 13.0 Å². The van der Waals surface area contributed by atoms with E-state index in [9.17, 15) is 4.79 Å². The zero-order valence-corrected chi connectivity index (χ0v) is 5.92. The Balaban J connectivity index is 2.50. The molecule has 3 heteroatoms. The number of carbonyl (C=O) groups is 1. The van der Waals surface area contributed by atoms with Crippen LogP contribution in [0, 0.1) is 17.2 Å². The topological polar surface area (TPSA) is 52.9 Å². The van der Waals surface area contributed by atoms with Crippen molar-refractivity contribution in [3.63, 3.8) is 0 Å². The molecule has 0 aromatic carbocycles. The summed E-state index contributed by atoms with van der Waals surface area (Å²) in [4.78, 5) is 10.9. The van der Waals surface area contributed by atoms with Crippen molar-refractivity contribution < 1.29 is 4.79 Å². The summed E-state index contributed by atoms with van der Waals surface area (Å²) >= 11 is 0. The van der Waals surface area contributed by atoms with E-state index in [0.29, 0.717) is 0 Å². The van der Waals surface area contributed by atoms with Crippen LogP contribution < -0.4 is 5.32 Å². The van der Waals surface area contributed by atoms with Crippen molar-refractivity contribution in [1.29, 1.82) is 5.26 Å². The number of rotatable bonds is 0. The Labute approximate surface area is 60.0 Å². The molecule has 1 aliphatic rings. The third kappa shape index (κ3) is 1.27. The van der Waals surface area contributed by atoms with Crippen molar-refractivity contribution in [3.05, 3.63) is 0 Å². The number of nitrogens with one attached hydrogen (secondary N) is 1. The lowest BCUT2D eigenvalue weighted by atomic mass is 9.96. The summed E-state index contributed by atoms with van der Waals surface area (Å²) < 4.78 is 0. The molecule has 0 aromatic rings. The van der Waals surface area contributed by atoms with Crippen molar-refractivity contribution in [2.75, 3.05) is 0 Å². The fourth-order valence-corrected chi connectivity index (χ4v) is 1.03. The number of nitriles is 1. The van der Waals surface area contributed by atoms with Gasteiger partial charge in [0.15, 0.2) is 0 Å². The molecule has 0 saturated carbocycles. The highest BCUT2D eigenvalue weighted by atomic mass is 16.2. The maximum Gasteiger partial charge on any atom is 0.223 e. The van der Waals surface area contributed by atoms with Gasteiger partial charge in [-0.3, -0.25) is 4.79 Å². The number of carbonyl (C=O) groups excluding carboxylic acids is 1. The van der Waals surface area contributed by atoms with E-state index in [1.54, 1.807) is 0 Å². The summed E-state index contributed by atoms with van der Waals surface area (Å²) in [7, 11) is 0. The molecule has 0 radical (unpaired) electrons. The van der Waals surface area contributed by atoms with Gasteiger partial charge in [-0.2, -0.15) is 5.26 Å². The molecule has 2 atom stereocenters. The molecule has 1 rings (SSSR count). The molecular weight excluding hydrogens is 128 g/mol. The highest BCUT2D eigenvalue weighted by Crippen LogP contribution is 2.13. The van der Waals surface area contributed by atoms with Crippen LogP contribution in [0.15, 0.2) is 0 Å². The summed E-state index contributed by atoms with van der Waals surface area (Å²) in [5, 5.41) is 11.0. The van der Waals surface area contributed by atoms with Gasteiger partial charge in [-0.25, -0.2) is 0 Å². The van der Waals surface area contributed by atoms with Gasteiger partial charge >= 0.3 is 0 Å². The molecule has 3 nitrogen and oxygen atoms in total. The van der Waals surface area contributed by atoms with Crippen LogP contribution in [0.3, 0.4) is 0 Å². The van der Waals surface area contributed by atoms with Crippen molar-refractivity contribution in [2.45, 2.75) is 25.8 Å². The van der Waals surface area contributed by atoms with Crippen LogP contribution in [-0.4, -0.2) is 11.9 Å². The second-order valence-electron chi connectivity index (χ2n) is 2.67. The van der Waals surface area contributed by atoms with Crippen LogP contribution in [0.1, 0.15) is 19.8 Å². The largest absolute Gasteiger partial charge is 0.340 e. The first-order chi connectivity index (χ1) is 4.74. The van der Waals surface area contributed by atoms with Crippen molar-refractivity contribution >= 4 is 5.91 Å². The monoisotopic (exact) mass is 138 g/mol. The summed E-state index contributed by atoms with van der Waals surface area (Å²) in [6, 6.07) is 1.78. The first-order valence-corrected chi connectivity index (χ1v) is 3.44. The second kappa shape index (κ2) is 2.70. The van der Waals surface area contributed by atoms with Crippen molar-refractivity contribution in [3.8, 4) is 6.07 Å². The van der Waals surface area contributed by atoms with Gasteiger partial charge in [0.25, 0.3) is 0 Å². The lowest BCUT2D eigenvalue weighted by Crippen LogP contribution is -2.42. The molecule has 0 unspecified atom stereocenters. The lowest BCUT2D eigenvalue weighted by molar-refractivity contribution is -0.126. The van der Waals surface area contributed by atoms with E-state index >= 15 is 0 Å². The van der Waals surface area contributed by atoms with E-state index in [2.05, 4.69) is 5.32 Å². The Morgan fingerprint density at radius 1 is 1.70 bits per heavy atom. The van der Waals surface area contributed by atoms with Crippen molar-refractivity contribution in [1.82, 2.24) is 5.32 Å². The Bertz CT molecular complexity index is 183. The number of hydrogen-bond donors (Lipinski definition) is 1. The predicted octanol–water partition coefficient (Wildman–Crippen LogP) is 0.425. The van der Waals surface area contributed by atoms with E-state index in [0.717, 1.165) is 12.8 Å². The highest BCUT2D eigenvalue weighted by molar-refractivity contribution is 5.79. The van der Waals surface area contributed by atoms with Gasteiger partial charge in [0, 0.05) is 5.92 Å². The van der Waals surface area contributed by atoms with Gasteiger partial charge < -0.3 is 5.32 Å². The Morgan fingerprint density at radius 3 is 2.90 bits per heavy atom. The van der Waals surface area contributed by atoms with Gasteiger partial charge in [0.1, 0.15) is 6.04 Å². The molecule has 1 amide bonds. The quantitative estimate of drug-likeness (QED) is 0.527. The van der Waals surface area contributed by atoms with Gasteiger partial charge in [-0.05, 0) is 12.8 Å². The zero-order chi connectivity index (χ0) is 7.56. The molecule has 0 aliphatic carbocycles. The van der Waals surface area contributed by atoms with Crippen LogP contribution >= 0.6 is 0 Å². The molecule has 0 bridgehead atoms. The van der Waals surface area contributed by atoms with E-state index in [-0.39, 0.29) is 17.9 Å². The van der Waals surface area contributed by atoms with E-state index in [4.69, 9.17) is 5.26 Å². The molecule has 1 saturated heterocycles. The van der Waals surface area contributed by atoms with Crippen LogP contribution in [0.4, 0.5) is 0 Å². The second-order valence-corrected chi connectivity index (χ2v) is 2.67. The number of amides is 1. The van der Waals surface area contributed by atoms with Crippen LogP contribution in [0.2, 0.25) is 0 Å². The molecule has 0 aromatic heterocycles. The predicted molar refractivity (Wildman–Crippen MR) is 35.9 cm³/mol. The molecule has 1 heterocycles. The first-order valence-electron chi connectivity index (χ1n) is 3.44. The average molecular weight is 138 g/mol. The molecule has 0 spiro atoms. The summed E-state index contributed by atoms with van der Waals surface area (Å²) in [6.45, 7) is 1.88. The van der Waals surface area contributed by atoms with Gasteiger partial charge in [0.05, 0.1) is 6.07 Å². The van der Waals surface area contributed by atoms with E-state index in [1.165, 1.54) is 0 Å². The lowest BCUT2D eigenvalue weighted by Gasteiger charge is -2.21. The number of hydrogen-bond acceptors (Lipinski definition) is 2. The fourth-order valence-electron chi connectivity index (χ4n) is 1.03. The Morgan fingerprint density at radius 2 is 2.40 bits per heavy atom. The van der Waals surface area contributed by atoms with Crippen LogP contribution in [0.5, 0.6) is 0 Å². The Kier molecular flexibility index (Phi) is 1.91. The molecular formula is C7H10N2O. The fraction of sp³-hybridized carbons (Fsp3) is 0.714. The maximum atomic E-state index is 10.9. The van der Waals surface area contributed by atoms with Gasteiger partial charge in [-0.1, -0.05) is 6.92 Å². The van der Waals surface area contributed by atoms with Crippen LogP contribution in [-0.2, 0) is 4.79 Å². The van der Waals surface area contributed by atoms with Crippen LogP contribution in [0.25, 0.3) is 0 Å². The molecule has 1 fully saturated rings. The number of nitrogens with zero attached hydrogens (tertiary/aromatic N) is 1. The van der Waals surface area contributed by atoms with Gasteiger partial charge in [-0.15, -0.1) is 0 Å². The smallest absolute Gasteiger partial charge is 0.223 e. The zero-order valence-electron chi connectivity index (χ0n) is 5.92. The molecule has 10 heavy (non-hydrogen) atoms. The third-order valence-electron chi connectivity index (χ3n) is 1.81. The van der Waals surface area contributed by atoms with Crippen molar-refractivity contribution in [2.24, 2.45) is 5.92 Å².